The highest BCUT2D eigenvalue weighted by Crippen LogP contribution is 2.30. The van der Waals surface area contributed by atoms with Gasteiger partial charge in [-0.3, -0.25) is 4.79 Å². The molecule has 0 saturated heterocycles. The summed E-state index contributed by atoms with van der Waals surface area (Å²) in [4.78, 5) is 15.0. The molecule has 0 radical (unpaired) electrons. The molecule has 2 aromatic rings. The molecule has 1 aliphatic carbocycles. The van der Waals surface area contributed by atoms with Crippen LogP contribution in [0.3, 0.4) is 0 Å². The van der Waals surface area contributed by atoms with E-state index in [2.05, 4.69) is 29.7 Å². The molecule has 0 N–H and O–H groups in total. The highest BCUT2D eigenvalue weighted by Gasteiger charge is 2.33. The molecule has 1 amide bonds. The molecular formula is C22H30N2O. The van der Waals surface area contributed by atoms with E-state index < -0.39 is 0 Å². The van der Waals surface area contributed by atoms with Crippen molar-refractivity contribution in [3.63, 3.8) is 0 Å². The molecule has 134 valence electrons. The minimum atomic E-state index is 0.168. The molecule has 3 nitrogen and oxygen atoms in total. The summed E-state index contributed by atoms with van der Waals surface area (Å²) in [6.07, 6.45) is 10.5. The average molecular weight is 338 g/mol. The number of aromatic nitrogens is 1. The molecule has 1 aliphatic rings. The van der Waals surface area contributed by atoms with Gasteiger partial charge in [-0.25, -0.2) is 0 Å². The minimum Gasteiger partial charge on any atom is -0.353 e. The van der Waals surface area contributed by atoms with E-state index in [-0.39, 0.29) is 5.91 Å². The predicted molar refractivity (Wildman–Crippen MR) is 103 cm³/mol. The summed E-state index contributed by atoms with van der Waals surface area (Å²) in [7, 11) is 2.04. The molecule has 1 heterocycles. The van der Waals surface area contributed by atoms with Gasteiger partial charge in [0.2, 0.25) is 0 Å². The van der Waals surface area contributed by atoms with Crippen LogP contribution in [0.4, 0.5) is 0 Å². The molecule has 0 aliphatic heterocycles. The number of benzene rings is 1. The number of amides is 1. The molecule has 1 aromatic heterocycles. The Hall–Kier alpha value is -2.03. The van der Waals surface area contributed by atoms with Gasteiger partial charge in [-0.15, -0.1) is 0 Å². The Morgan fingerprint density at radius 3 is 2.48 bits per heavy atom. The van der Waals surface area contributed by atoms with E-state index in [0.717, 1.165) is 24.8 Å². The number of hydrogen-bond acceptors (Lipinski definition) is 1. The van der Waals surface area contributed by atoms with E-state index in [9.17, 15) is 4.79 Å². The predicted octanol–water partition coefficient (Wildman–Crippen LogP) is 4.95. The van der Waals surface area contributed by atoms with Crippen molar-refractivity contribution in [2.75, 3.05) is 0 Å². The fourth-order valence-electron chi connectivity index (χ4n) is 3.32. The quantitative estimate of drug-likeness (QED) is 0.594. The van der Waals surface area contributed by atoms with E-state index in [1.807, 2.05) is 36.3 Å². The maximum atomic E-state index is 13.0. The molecule has 1 aromatic carbocycles. The van der Waals surface area contributed by atoms with Crippen LogP contribution >= 0.6 is 0 Å². The summed E-state index contributed by atoms with van der Waals surface area (Å²) in [5, 5.41) is 0. The van der Waals surface area contributed by atoms with E-state index in [1.54, 1.807) is 0 Å². The Bertz CT molecular complexity index is 682. The molecule has 0 spiro atoms. The van der Waals surface area contributed by atoms with Gasteiger partial charge in [0.15, 0.2) is 0 Å². The lowest BCUT2D eigenvalue weighted by atomic mass is 10.0. The second-order valence-corrected chi connectivity index (χ2v) is 7.28. The first-order valence-corrected chi connectivity index (χ1v) is 9.69. The summed E-state index contributed by atoms with van der Waals surface area (Å²) in [5.74, 6) is 0.168. The third kappa shape index (κ3) is 4.75. The van der Waals surface area contributed by atoms with Gasteiger partial charge in [0.05, 0.1) is 6.54 Å². The van der Waals surface area contributed by atoms with Gasteiger partial charge in [-0.1, -0.05) is 38.3 Å². The first kappa shape index (κ1) is 17.8. The van der Waals surface area contributed by atoms with Crippen molar-refractivity contribution in [3.8, 4) is 0 Å². The van der Waals surface area contributed by atoms with Crippen molar-refractivity contribution < 1.29 is 4.79 Å². The Morgan fingerprint density at radius 2 is 1.88 bits per heavy atom. The van der Waals surface area contributed by atoms with Gasteiger partial charge in [-0.05, 0) is 55.5 Å². The van der Waals surface area contributed by atoms with Gasteiger partial charge < -0.3 is 9.47 Å². The summed E-state index contributed by atoms with van der Waals surface area (Å²) in [6, 6.07) is 12.8. The third-order valence-electron chi connectivity index (χ3n) is 5.15. The molecule has 3 heteroatoms. The van der Waals surface area contributed by atoms with Crippen LogP contribution in [-0.2, 0) is 20.0 Å². The van der Waals surface area contributed by atoms with Crippen LogP contribution in [0.2, 0.25) is 0 Å². The molecule has 1 fully saturated rings. The minimum absolute atomic E-state index is 0.168. The lowest BCUT2D eigenvalue weighted by Gasteiger charge is -2.23. The van der Waals surface area contributed by atoms with Crippen LogP contribution in [0.25, 0.3) is 0 Å². The zero-order valence-corrected chi connectivity index (χ0v) is 15.6. The molecular weight excluding hydrogens is 308 g/mol. The molecule has 3 rings (SSSR count). The van der Waals surface area contributed by atoms with Crippen LogP contribution < -0.4 is 0 Å². The van der Waals surface area contributed by atoms with Crippen molar-refractivity contribution in [2.45, 2.75) is 64.5 Å². The van der Waals surface area contributed by atoms with Crippen LogP contribution in [-0.4, -0.2) is 21.4 Å². The van der Waals surface area contributed by atoms with E-state index in [0.29, 0.717) is 12.6 Å². The Kier molecular flexibility index (Phi) is 5.95. The standard InChI is InChI=1S/C22H30N2O/c1-3-4-5-6-8-18-10-12-19(13-11-18)22(25)24(20-14-15-20)17-21-9-7-16-23(21)2/h7,9-13,16,20H,3-6,8,14-15,17H2,1-2H3. The highest BCUT2D eigenvalue weighted by molar-refractivity contribution is 5.94. The second-order valence-electron chi connectivity index (χ2n) is 7.28. The summed E-state index contributed by atoms with van der Waals surface area (Å²) in [6.45, 7) is 2.94. The lowest BCUT2D eigenvalue weighted by Crippen LogP contribution is -2.33. The number of aryl methyl sites for hydroxylation is 2. The number of rotatable bonds is 9. The molecule has 0 bridgehead atoms. The smallest absolute Gasteiger partial charge is 0.254 e. The number of carbonyl (C=O) groups excluding carboxylic acids is 1. The zero-order valence-electron chi connectivity index (χ0n) is 15.6. The first-order valence-electron chi connectivity index (χ1n) is 9.69. The SMILES string of the molecule is CCCCCCc1ccc(C(=O)N(Cc2cccn2C)C2CC2)cc1. The van der Waals surface area contributed by atoms with E-state index in [1.165, 1.54) is 36.9 Å². The second kappa shape index (κ2) is 8.37. The first-order chi connectivity index (χ1) is 12.2. The molecule has 0 unspecified atom stereocenters. The summed E-state index contributed by atoms with van der Waals surface area (Å²) >= 11 is 0. The normalized spacial score (nSPS) is 13.8. The van der Waals surface area contributed by atoms with Gasteiger partial charge >= 0.3 is 0 Å². The Morgan fingerprint density at radius 1 is 1.12 bits per heavy atom. The van der Waals surface area contributed by atoms with Crippen molar-refractivity contribution in [1.29, 1.82) is 0 Å². The number of hydrogen-bond donors (Lipinski definition) is 0. The third-order valence-corrected chi connectivity index (χ3v) is 5.15. The maximum absolute atomic E-state index is 13.0. The van der Waals surface area contributed by atoms with Crippen LogP contribution in [0.15, 0.2) is 42.6 Å². The maximum Gasteiger partial charge on any atom is 0.254 e. The highest BCUT2D eigenvalue weighted by atomic mass is 16.2. The number of nitrogens with zero attached hydrogens (tertiary/aromatic N) is 2. The van der Waals surface area contributed by atoms with Gasteiger partial charge in [-0.2, -0.15) is 0 Å². The summed E-state index contributed by atoms with van der Waals surface area (Å²) in [5.41, 5.74) is 3.35. The fourth-order valence-corrected chi connectivity index (χ4v) is 3.32. The number of carbonyl (C=O) groups is 1. The van der Waals surface area contributed by atoms with Gasteiger partial charge in [0.1, 0.15) is 0 Å². The molecule has 25 heavy (non-hydrogen) atoms. The average Bonchev–Trinajstić information content (AvgIpc) is 3.39. The lowest BCUT2D eigenvalue weighted by molar-refractivity contribution is 0.0726. The molecule has 0 atom stereocenters. The zero-order chi connectivity index (χ0) is 17.6. The van der Waals surface area contributed by atoms with Crippen molar-refractivity contribution in [3.05, 3.63) is 59.4 Å². The summed E-state index contributed by atoms with van der Waals surface area (Å²) < 4.78 is 2.10. The molecule has 1 saturated carbocycles. The monoisotopic (exact) mass is 338 g/mol. The van der Waals surface area contributed by atoms with Crippen LogP contribution in [0, 0.1) is 0 Å². The fraction of sp³-hybridized carbons (Fsp3) is 0.500. The van der Waals surface area contributed by atoms with E-state index in [4.69, 9.17) is 0 Å². The topological polar surface area (TPSA) is 25.2 Å². The van der Waals surface area contributed by atoms with Crippen molar-refractivity contribution in [2.24, 2.45) is 7.05 Å². The van der Waals surface area contributed by atoms with Crippen LogP contribution in [0.1, 0.15) is 67.1 Å². The van der Waals surface area contributed by atoms with Crippen molar-refractivity contribution >= 4 is 5.91 Å². The van der Waals surface area contributed by atoms with E-state index >= 15 is 0 Å². The van der Waals surface area contributed by atoms with Crippen LogP contribution in [0.5, 0.6) is 0 Å². The Balaban J connectivity index is 1.63. The largest absolute Gasteiger partial charge is 0.353 e. The van der Waals surface area contributed by atoms with Crippen molar-refractivity contribution in [1.82, 2.24) is 9.47 Å². The van der Waals surface area contributed by atoms with Gasteiger partial charge in [0.25, 0.3) is 5.91 Å². The Labute approximate surface area is 151 Å². The number of unbranched alkanes of at least 4 members (excludes halogenated alkanes) is 3. The van der Waals surface area contributed by atoms with Gasteiger partial charge in [0, 0.05) is 30.5 Å².